The van der Waals surface area contributed by atoms with Crippen molar-refractivity contribution in [3.05, 3.63) is 65.5 Å². The maximum atomic E-state index is 13.3. The third kappa shape index (κ3) is 6.09. The van der Waals surface area contributed by atoms with Crippen molar-refractivity contribution >= 4 is 11.9 Å². The average Bonchev–Trinajstić information content (AvgIpc) is 2.70. The first-order valence-corrected chi connectivity index (χ1v) is 8.78. The van der Waals surface area contributed by atoms with Gasteiger partial charge in [-0.1, -0.05) is 12.1 Å². The zero-order chi connectivity index (χ0) is 20.5. The largest absolute Gasteiger partial charge is 0.479 e. The molecule has 0 bridgehead atoms. The Morgan fingerprint density at radius 2 is 1.93 bits per heavy atom. The summed E-state index contributed by atoms with van der Waals surface area (Å²) in [5, 5.41) is 8.77. The molecule has 0 aliphatic heterocycles. The van der Waals surface area contributed by atoms with Crippen molar-refractivity contribution in [1.29, 1.82) is 5.26 Å². The van der Waals surface area contributed by atoms with Gasteiger partial charge < -0.3 is 14.4 Å². The molecule has 0 aliphatic carbocycles. The molecule has 2 rings (SSSR count). The highest BCUT2D eigenvalue weighted by molar-refractivity contribution is 5.82. The number of nitrogens with zero attached hydrogens (tertiary/aromatic N) is 2. The summed E-state index contributed by atoms with van der Waals surface area (Å²) in [6.07, 6.45) is -0.918. The number of amides is 1. The van der Waals surface area contributed by atoms with Crippen molar-refractivity contribution in [1.82, 2.24) is 4.90 Å². The smallest absolute Gasteiger partial charge is 0.347 e. The minimum Gasteiger partial charge on any atom is -0.479 e. The van der Waals surface area contributed by atoms with Gasteiger partial charge >= 0.3 is 5.97 Å². The molecule has 146 valence electrons. The van der Waals surface area contributed by atoms with Crippen molar-refractivity contribution in [3.8, 4) is 11.8 Å². The van der Waals surface area contributed by atoms with Crippen molar-refractivity contribution < 1.29 is 23.5 Å². The van der Waals surface area contributed by atoms with E-state index in [2.05, 4.69) is 0 Å². The number of nitriles is 1. The van der Waals surface area contributed by atoms with Gasteiger partial charge in [-0.25, -0.2) is 9.18 Å². The molecule has 0 aromatic heterocycles. The van der Waals surface area contributed by atoms with E-state index in [9.17, 15) is 14.0 Å². The van der Waals surface area contributed by atoms with Crippen LogP contribution in [0.5, 0.6) is 5.75 Å². The summed E-state index contributed by atoms with van der Waals surface area (Å²) in [5.74, 6) is -1.03. The van der Waals surface area contributed by atoms with Crippen molar-refractivity contribution in [2.75, 3.05) is 13.2 Å². The summed E-state index contributed by atoms with van der Waals surface area (Å²) in [6, 6.07) is 14.3. The van der Waals surface area contributed by atoms with Crippen LogP contribution in [0.3, 0.4) is 0 Å². The molecule has 0 fully saturated rings. The van der Waals surface area contributed by atoms with Crippen LogP contribution >= 0.6 is 0 Å². The number of hydrogen-bond donors (Lipinski definition) is 0. The van der Waals surface area contributed by atoms with Crippen molar-refractivity contribution in [2.45, 2.75) is 26.5 Å². The van der Waals surface area contributed by atoms with E-state index < -0.39 is 18.7 Å². The lowest BCUT2D eigenvalue weighted by Gasteiger charge is -2.21. The monoisotopic (exact) mass is 384 g/mol. The predicted octanol–water partition coefficient (Wildman–Crippen LogP) is 3.06. The highest BCUT2D eigenvalue weighted by Crippen LogP contribution is 2.14. The Morgan fingerprint density at radius 1 is 1.21 bits per heavy atom. The van der Waals surface area contributed by atoms with Gasteiger partial charge in [-0.3, -0.25) is 4.79 Å². The third-order valence-corrected chi connectivity index (χ3v) is 3.96. The number of halogens is 1. The summed E-state index contributed by atoms with van der Waals surface area (Å²) in [5.41, 5.74) is 1.13. The molecule has 0 heterocycles. The molecule has 0 spiro atoms. The molecule has 0 radical (unpaired) electrons. The quantitative estimate of drug-likeness (QED) is 0.654. The molecule has 28 heavy (non-hydrogen) atoms. The fourth-order valence-corrected chi connectivity index (χ4v) is 2.43. The Hall–Kier alpha value is -3.40. The van der Waals surface area contributed by atoms with Crippen LogP contribution in [0.2, 0.25) is 0 Å². The molecule has 0 aliphatic rings. The topological polar surface area (TPSA) is 79.6 Å². The number of hydrogen-bond acceptors (Lipinski definition) is 5. The third-order valence-electron chi connectivity index (χ3n) is 3.96. The number of ether oxygens (including phenoxy) is 2. The molecule has 2 aromatic carbocycles. The Kier molecular flexibility index (Phi) is 7.52. The van der Waals surface area contributed by atoms with Crippen LogP contribution in [0.25, 0.3) is 0 Å². The van der Waals surface area contributed by atoms with Gasteiger partial charge in [0.1, 0.15) is 11.6 Å². The predicted molar refractivity (Wildman–Crippen MR) is 99.7 cm³/mol. The van der Waals surface area contributed by atoms with Crippen molar-refractivity contribution in [2.24, 2.45) is 0 Å². The summed E-state index contributed by atoms with van der Waals surface area (Å²) in [6.45, 7) is 3.49. The van der Waals surface area contributed by atoms with E-state index in [1.54, 1.807) is 43.3 Å². The van der Waals surface area contributed by atoms with Crippen LogP contribution in [0, 0.1) is 17.1 Å². The molecule has 6 nitrogen and oxygen atoms in total. The number of esters is 1. The zero-order valence-corrected chi connectivity index (χ0v) is 15.7. The number of rotatable bonds is 8. The molecule has 0 N–H and O–H groups in total. The van der Waals surface area contributed by atoms with E-state index in [0.29, 0.717) is 23.4 Å². The number of carbonyl (C=O) groups is 2. The van der Waals surface area contributed by atoms with Crippen LogP contribution in [-0.2, 0) is 20.9 Å². The van der Waals surface area contributed by atoms with Crippen LogP contribution < -0.4 is 4.74 Å². The van der Waals surface area contributed by atoms with Crippen molar-refractivity contribution in [3.63, 3.8) is 0 Å². The lowest BCUT2D eigenvalue weighted by atomic mass is 10.2. The molecule has 1 amide bonds. The van der Waals surface area contributed by atoms with E-state index in [-0.39, 0.29) is 18.3 Å². The lowest BCUT2D eigenvalue weighted by Crippen LogP contribution is -2.36. The van der Waals surface area contributed by atoms with E-state index >= 15 is 0 Å². The molecular formula is C21H21FN2O4. The normalized spacial score (nSPS) is 11.2. The minimum absolute atomic E-state index is 0.224. The van der Waals surface area contributed by atoms with E-state index in [4.69, 9.17) is 14.7 Å². The van der Waals surface area contributed by atoms with Gasteiger partial charge in [-0.15, -0.1) is 0 Å². The second kappa shape index (κ2) is 10.1. The Balaban J connectivity index is 1.85. The summed E-state index contributed by atoms with van der Waals surface area (Å²) >= 11 is 0. The van der Waals surface area contributed by atoms with E-state index in [0.717, 1.165) is 0 Å². The first-order valence-electron chi connectivity index (χ1n) is 8.78. The molecular weight excluding hydrogens is 363 g/mol. The highest BCUT2D eigenvalue weighted by atomic mass is 19.1. The van der Waals surface area contributed by atoms with Gasteiger partial charge in [-0.05, 0) is 55.8 Å². The lowest BCUT2D eigenvalue weighted by molar-refractivity contribution is -0.157. The SMILES string of the molecule is CCN(Cc1cccc(F)c1)C(=O)COC(=O)[C@@H](C)Oc1ccc(C#N)cc1. The minimum atomic E-state index is -0.918. The van der Waals surface area contributed by atoms with E-state index in [1.807, 2.05) is 6.07 Å². The maximum absolute atomic E-state index is 13.3. The van der Waals surface area contributed by atoms with Gasteiger partial charge in [0.25, 0.3) is 5.91 Å². The fraction of sp³-hybridized carbons (Fsp3) is 0.286. The maximum Gasteiger partial charge on any atom is 0.347 e. The first-order chi connectivity index (χ1) is 13.4. The zero-order valence-electron chi connectivity index (χ0n) is 15.7. The van der Waals surface area contributed by atoms with Gasteiger partial charge in [-0.2, -0.15) is 5.26 Å². The summed E-state index contributed by atoms with van der Waals surface area (Å²) in [7, 11) is 0. The number of likely N-dealkylation sites (N-methyl/N-ethyl adjacent to an activating group) is 1. The first kappa shape index (κ1) is 20.9. The van der Waals surface area contributed by atoms with Gasteiger partial charge in [0.15, 0.2) is 12.7 Å². The Morgan fingerprint density at radius 3 is 2.54 bits per heavy atom. The van der Waals surface area contributed by atoms with Gasteiger partial charge in [0.2, 0.25) is 0 Å². The van der Waals surface area contributed by atoms with E-state index in [1.165, 1.54) is 24.0 Å². The summed E-state index contributed by atoms with van der Waals surface area (Å²) < 4.78 is 23.8. The highest BCUT2D eigenvalue weighted by Gasteiger charge is 2.20. The summed E-state index contributed by atoms with van der Waals surface area (Å²) in [4.78, 5) is 25.8. The molecule has 0 unspecified atom stereocenters. The fourth-order valence-electron chi connectivity index (χ4n) is 2.43. The Bertz CT molecular complexity index is 861. The average molecular weight is 384 g/mol. The van der Waals surface area contributed by atoms with Crippen LogP contribution in [0.15, 0.2) is 48.5 Å². The molecule has 2 aromatic rings. The second-order valence-corrected chi connectivity index (χ2v) is 6.04. The molecule has 1 atom stereocenters. The van der Waals surface area contributed by atoms with Crippen LogP contribution in [0.4, 0.5) is 4.39 Å². The molecule has 0 saturated carbocycles. The van der Waals surface area contributed by atoms with Crippen LogP contribution in [-0.4, -0.2) is 36.0 Å². The standard InChI is InChI=1S/C21H21FN2O4/c1-3-24(13-17-5-4-6-18(22)11-17)20(25)14-27-21(26)15(2)28-19-9-7-16(12-23)8-10-19/h4-11,15H,3,13-14H2,1-2H3/t15-/m1/s1. The number of carbonyl (C=O) groups excluding carboxylic acids is 2. The molecule has 7 heteroatoms. The second-order valence-electron chi connectivity index (χ2n) is 6.04. The molecule has 0 saturated heterocycles. The number of benzene rings is 2. The van der Waals surface area contributed by atoms with Gasteiger partial charge in [0.05, 0.1) is 11.6 Å². The van der Waals surface area contributed by atoms with Crippen LogP contribution in [0.1, 0.15) is 25.0 Å². The van der Waals surface area contributed by atoms with Gasteiger partial charge in [0, 0.05) is 13.1 Å². The Labute approximate surface area is 163 Å².